The second-order valence-corrected chi connectivity index (χ2v) is 4.72. The van der Waals surface area contributed by atoms with Crippen LogP contribution in [0.4, 0.5) is 4.39 Å². The lowest BCUT2D eigenvalue weighted by atomic mass is 10.1. The minimum Gasteiger partial charge on any atom is -0.494 e. The first-order chi connectivity index (χ1) is 9.51. The second-order valence-electron chi connectivity index (χ2n) is 4.72. The molecular formula is C15H22FNO3. The van der Waals surface area contributed by atoms with Crippen molar-refractivity contribution in [2.75, 3.05) is 27.3 Å². The Morgan fingerprint density at radius 2 is 2.10 bits per heavy atom. The molecule has 0 N–H and O–H groups in total. The molecule has 0 aliphatic rings. The Balaban J connectivity index is 2.68. The van der Waals surface area contributed by atoms with Gasteiger partial charge in [0.1, 0.15) is 0 Å². The van der Waals surface area contributed by atoms with Crippen LogP contribution >= 0.6 is 0 Å². The fraction of sp³-hybridized carbons (Fsp3) is 0.533. The van der Waals surface area contributed by atoms with Gasteiger partial charge in [0, 0.05) is 13.1 Å². The Labute approximate surface area is 119 Å². The standard InChI is InChI=1S/C15H22FNO3/c1-5-17(9-11(2)15(18)20-4)10-12-6-7-14(19-3)13(16)8-12/h6-8,11H,5,9-10H2,1-4H3. The molecule has 1 aromatic carbocycles. The smallest absolute Gasteiger partial charge is 0.309 e. The molecule has 5 heteroatoms. The van der Waals surface area contributed by atoms with Gasteiger partial charge < -0.3 is 9.47 Å². The number of rotatable bonds is 7. The van der Waals surface area contributed by atoms with Crippen LogP contribution in [0.1, 0.15) is 19.4 Å². The molecule has 0 saturated carbocycles. The van der Waals surface area contributed by atoms with Crippen molar-refractivity contribution in [1.29, 1.82) is 0 Å². The summed E-state index contributed by atoms with van der Waals surface area (Å²) in [4.78, 5) is 13.5. The number of esters is 1. The van der Waals surface area contributed by atoms with Crippen molar-refractivity contribution in [1.82, 2.24) is 4.90 Å². The molecule has 0 fully saturated rings. The van der Waals surface area contributed by atoms with Crippen LogP contribution in [0.25, 0.3) is 0 Å². The molecule has 1 atom stereocenters. The summed E-state index contributed by atoms with van der Waals surface area (Å²) in [6, 6.07) is 4.90. The number of nitrogens with zero attached hydrogens (tertiary/aromatic N) is 1. The maximum absolute atomic E-state index is 13.6. The quantitative estimate of drug-likeness (QED) is 0.721. The third-order valence-electron chi connectivity index (χ3n) is 3.21. The highest BCUT2D eigenvalue weighted by molar-refractivity contribution is 5.72. The van der Waals surface area contributed by atoms with E-state index in [0.717, 1.165) is 12.1 Å². The number of methoxy groups -OCH3 is 2. The lowest BCUT2D eigenvalue weighted by molar-refractivity contribution is -0.145. The monoisotopic (exact) mass is 283 g/mol. The van der Waals surface area contributed by atoms with Crippen LogP contribution in [-0.2, 0) is 16.1 Å². The molecule has 0 heterocycles. The van der Waals surface area contributed by atoms with Crippen LogP contribution in [0.2, 0.25) is 0 Å². The van der Waals surface area contributed by atoms with E-state index in [1.165, 1.54) is 20.3 Å². The van der Waals surface area contributed by atoms with Gasteiger partial charge in [-0.2, -0.15) is 0 Å². The predicted molar refractivity (Wildman–Crippen MR) is 75.1 cm³/mol. The molecule has 0 saturated heterocycles. The van der Waals surface area contributed by atoms with Crippen molar-refractivity contribution in [2.24, 2.45) is 5.92 Å². The summed E-state index contributed by atoms with van der Waals surface area (Å²) < 4.78 is 23.2. The number of carbonyl (C=O) groups is 1. The number of carbonyl (C=O) groups excluding carboxylic acids is 1. The largest absolute Gasteiger partial charge is 0.494 e. The zero-order valence-corrected chi connectivity index (χ0v) is 12.5. The zero-order valence-electron chi connectivity index (χ0n) is 12.5. The van der Waals surface area contributed by atoms with E-state index in [0.29, 0.717) is 13.1 Å². The van der Waals surface area contributed by atoms with Gasteiger partial charge in [0.15, 0.2) is 11.6 Å². The Morgan fingerprint density at radius 1 is 1.40 bits per heavy atom. The van der Waals surface area contributed by atoms with Crippen LogP contribution in [0.5, 0.6) is 5.75 Å². The molecule has 1 unspecified atom stereocenters. The highest BCUT2D eigenvalue weighted by Gasteiger charge is 2.17. The number of ether oxygens (including phenoxy) is 2. The Bertz CT molecular complexity index is 451. The molecule has 0 radical (unpaired) electrons. The Morgan fingerprint density at radius 3 is 2.60 bits per heavy atom. The lowest BCUT2D eigenvalue weighted by Crippen LogP contribution is -2.32. The van der Waals surface area contributed by atoms with Gasteiger partial charge in [-0.25, -0.2) is 4.39 Å². The van der Waals surface area contributed by atoms with Gasteiger partial charge in [0.25, 0.3) is 0 Å². The molecule has 0 aliphatic heterocycles. The first-order valence-electron chi connectivity index (χ1n) is 6.64. The average molecular weight is 283 g/mol. The minimum absolute atomic E-state index is 0.206. The van der Waals surface area contributed by atoms with Gasteiger partial charge in [-0.15, -0.1) is 0 Å². The first-order valence-corrected chi connectivity index (χ1v) is 6.64. The number of hydrogen-bond donors (Lipinski definition) is 0. The molecule has 4 nitrogen and oxygen atoms in total. The highest BCUT2D eigenvalue weighted by Crippen LogP contribution is 2.19. The fourth-order valence-electron chi connectivity index (χ4n) is 2.03. The number of halogens is 1. The summed E-state index contributed by atoms with van der Waals surface area (Å²) >= 11 is 0. The predicted octanol–water partition coefficient (Wildman–Crippen LogP) is 2.47. The molecule has 0 aromatic heterocycles. The Kier molecular flexibility index (Phi) is 6.45. The van der Waals surface area contributed by atoms with Crippen molar-refractivity contribution in [3.8, 4) is 5.75 Å². The van der Waals surface area contributed by atoms with E-state index in [2.05, 4.69) is 4.90 Å². The minimum atomic E-state index is -0.373. The van der Waals surface area contributed by atoms with Gasteiger partial charge in [-0.05, 0) is 24.2 Å². The normalized spacial score (nSPS) is 12.3. The molecule has 20 heavy (non-hydrogen) atoms. The van der Waals surface area contributed by atoms with E-state index in [1.54, 1.807) is 6.07 Å². The van der Waals surface area contributed by atoms with E-state index in [9.17, 15) is 9.18 Å². The number of hydrogen-bond acceptors (Lipinski definition) is 4. The zero-order chi connectivity index (χ0) is 15.1. The van der Waals surface area contributed by atoms with E-state index in [1.807, 2.05) is 19.9 Å². The van der Waals surface area contributed by atoms with Crippen molar-refractivity contribution >= 4 is 5.97 Å². The Hall–Kier alpha value is -1.62. The summed E-state index contributed by atoms with van der Waals surface area (Å²) in [6.45, 7) is 5.76. The fourth-order valence-corrected chi connectivity index (χ4v) is 2.03. The van der Waals surface area contributed by atoms with Gasteiger partial charge >= 0.3 is 5.97 Å². The van der Waals surface area contributed by atoms with Crippen LogP contribution in [0, 0.1) is 11.7 Å². The maximum Gasteiger partial charge on any atom is 0.309 e. The molecule has 0 spiro atoms. The van der Waals surface area contributed by atoms with Crippen LogP contribution in [0.3, 0.4) is 0 Å². The van der Waals surface area contributed by atoms with Crippen LogP contribution in [0.15, 0.2) is 18.2 Å². The van der Waals surface area contributed by atoms with E-state index < -0.39 is 0 Å². The summed E-state index contributed by atoms with van der Waals surface area (Å²) in [5.74, 6) is -0.575. The summed E-state index contributed by atoms with van der Waals surface area (Å²) in [5, 5.41) is 0. The van der Waals surface area contributed by atoms with Crippen molar-refractivity contribution in [3.63, 3.8) is 0 Å². The lowest BCUT2D eigenvalue weighted by Gasteiger charge is -2.23. The van der Waals surface area contributed by atoms with Crippen molar-refractivity contribution < 1.29 is 18.7 Å². The van der Waals surface area contributed by atoms with E-state index in [4.69, 9.17) is 9.47 Å². The molecule has 1 aromatic rings. The molecule has 112 valence electrons. The number of benzene rings is 1. The molecule has 0 aliphatic carbocycles. The second kappa shape index (κ2) is 7.85. The molecular weight excluding hydrogens is 261 g/mol. The van der Waals surface area contributed by atoms with Gasteiger partial charge in [-0.3, -0.25) is 9.69 Å². The topological polar surface area (TPSA) is 38.8 Å². The molecule has 0 bridgehead atoms. The highest BCUT2D eigenvalue weighted by atomic mass is 19.1. The molecule has 0 amide bonds. The first kappa shape index (κ1) is 16.4. The average Bonchev–Trinajstić information content (AvgIpc) is 2.45. The van der Waals surface area contributed by atoms with Crippen LogP contribution < -0.4 is 4.74 Å². The van der Waals surface area contributed by atoms with Gasteiger partial charge in [-0.1, -0.05) is 19.9 Å². The third-order valence-corrected chi connectivity index (χ3v) is 3.21. The van der Waals surface area contributed by atoms with Gasteiger partial charge in [0.2, 0.25) is 0 Å². The van der Waals surface area contributed by atoms with Crippen molar-refractivity contribution in [2.45, 2.75) is 20.4 Å². The third kappa shape index (κ3) is 4.49. The van der Waals surface area contributed by atoms with E-state index >= 15 is 0 Å². The summed E-state index contributed by atoms with van der Waals surface area (Å²) in [6.07, 6.45) is 0. The van der Waals surface area contributed by atoms with E-state index in [-0.39, 0.29) is 23.5 Å². The summed E-state index contributed by atoms with van der Waals surface area (Å²) in [5.41, 5.74) is 0.849. The maximum atomic E-state index is 13.6. The van der Waals surface area contributed by atoms with Gasteiger partial charge in [0.05, 0.1) is 20.1 Å². The van der Waals surface area contributed by atoms with Crippen molar-refractivity contribution in [3.05, 3.63) is 29.6 Å². The SMILES string of the molecule is CCN(Cc1ccc(OC)c(F)c1)CC(C)C(=O)OC. The summed E-state index contributed by atoms with van der Waals surface area (Å²) in [7, 11) is 2.82. The van der Waals surface area contributed by atoms with Crippen LogP contribution in [-0.4, -0.2) is 38.2 Å². The molecule has 1 rings (SSSR count).